The molecule has 0 fully saturated rings. The molecular weight excluding hydrogens is 138 g/mol. The minimum atomic E-state index is 0.207. The molecule has 11 heavy (non-hydrogen) atoms. The van der Waals surface area contributed by atoms with Crippen LogP contribution in [0, 0.1) is 0 Å². The van der Waals surface area contributed by atoms with E-state index in [0.717, 1.165) is 19.3 Å². The van der Waals surface area contributed by atoms with Gasteiger partial charge in [0.15, 0.2) is 0 Å². The average Bonchev–Trinajstić information content (AvgIpc) is 1.82. The van der Waals surface area contributed by atoms with Gasteiger partial charge in [0.25, 0.3) is 0 Å². The lowest BCUT2D eigenvalue weighted by Gasteiger charge is -2.14. The molecule has 0 aliphatic rings. The molecule has 0 saturated carbocycles. The fraction of sp³-hybridized carbons (Fsp3) is 1.00. The van der Waals surface area contributed by atoms with E-state index in [2.05, 4.69) is 0 Å². The fourth-order valence-electron chi connectivity index (χ4n) is 1.07. The number of hydrogen-bond acceptors (Lipinski definition) is 3. The van der Waals surface area contributed by atoms with Crippen LogP contribution in [0.3, 0.4) is 0 Å². The summed E-state index contributed by atoms with van der Waals surface area (Å²) < 4.78 is 0. The maximum Gasteiger partial charge on any atom is 0.00540 e. The molecule has 0 aliphatic carbocycles. The van der Waals surface area contributed by atoms with E-state index >= 15 is 0 Å². The van der Waals surface area contributed by atoms with E-state index in [0.29, 0.717) is 0 Å². The third kappa shape index (κ3) is 7.78. The Kier molecular flexibility index (Phi) is 5.46. The van der Waals surface area contributed by atoms with Gasteiger partial charge in [-0.3, -0.25) is 0 Å². The van der Waals surface area contributed by atoms with E-state index in [9.17, 15) is 0 Å². The minimum absolute atomic E-state index is 0.207. The summed E-state index contributed by atoms with van der Waals surface area (Å²) in [7, 11) is 0. The van der Waals surface area contributed by atoms with Crippen molar-refractivity contribution >= 4 is 0 Å². The van der Waals surface area contributed by atoms with Crippen molar-refractivity contribution in [2.75, 3.05) is 0 Å². The highest BCUT2D eigenvalue weighted by Crippen LogP contribution is 2.02. The van der Waals surface area contributed by atoms with Crippen molar-refractivity contribution < 1.29 is 0 Å². The molecule has 0 aromatic carbocycles. The van der Waals surface area contributed by atoms with Gasteiger partial charge in [0.1, 0.15) is 0 Å². The highest BCUT2D eigenvalue weighted by atomic mass is 14.7. The van der Waals surface area contributed by atoms with Gasteiger partial charge in [-0.15, -0.1) is 0 Å². The molecule has 0 aliphatic heterocycles. The van der Waals surface area contributed by atoms with Crippen LogP contribution < -0.4 is 17.2 Å². The lowest BCUT2D eigenvalue weighted by Crippen LogP contribution is -2.30. The molecule has 3 atom stereocenters. The third-order valence-electron chi connectivity index (χ3n) is 1.67. The Morgan fingerprint density at radius 3 is 1.82 bits per heavy atom. The van der Waals surface area contributed by atoms with Crippen molar-refractivity contribution in [3.8, 4) is 0 Å². The monoisotopic (exact) mass is 159 g/mol. The van der Waals surface area contributed by atoms with Gasteiger partial charge in [0, 0.05) is 18.1 Å². The summed E-state index contributed by atoms with van der Waals surface area (Å²) in [4.78, 5) is 0. The Hall–Kier alpha value is -0.120. The molecule has 68 valence electrons. The number of rotatable bonds is 5. The zero-order valence-corrected chi connectivity index (χ0v) is 7.59. The van der Waals surface area contributed by atoms with Crippen molar-refractivity contribution in [3.63, 3.8) is 0 Å². The Balaban J connectivity index is 3.29. The summed E-state index contributed by atoms with van der Waals surface area (Å²) >= 11 is 0. The Labute approximate surface area is 69.3 Å². The van der Waals surface area contributed by atoms with Gasteiger partial charge in [-0.05, 0) is 33.1 Å². The number of nitrogens with two attached hydrogens (primary N) is 3. The largest absolute Gasteiger partial charge is 0.328 e. The zero-order valence-electron chi connectivity index (χ0n) is 7.59. The van der Waals surface area contributed by atoms with E-state index in [-0.39, 0.29) is 18.1 Å². The highest BCUT2D eigenvalue weighted by molar-refractivity contribution is 4.68. The molecule has 0 rings (SSSR count). The van der Waals surface area contributed by atoms with Crippen LogP contribution in [-0.4, -0.2) is 18.1 Å². The van der Waals surface area contributed by atoms with Crippen molar-refractivity contribution in [1.82, 2.24) is 0 Å². The second-order valence-electron chi connectivity index (χ2n) is 3.53. The minimum Gasteiger partial charge on any atom is -0.328 e. The fourth-order valence-corrected chi connectivity index (χ4v) is 1.07. The molecule has 0 spiro atoms. The van der Waals surface area contributed by atoms with Crippen LogP contribution >= 0.6 is 0 Å². The molecule has 0 bridgehead atoms. The first-order chi connectivity index (χ1) is 5.02. The van der Waals surface area contributed by atoms with Crippen LogP contribution in [0.4, 0.5) is 0 Å². The van der Waals surface area contributed by atoms with Gasteiger partial charge in [0.05, 0.1) is 0 Å². The predicted molar refractivity (Wildman–Crippen MR) is 49.1 cm³/mol. The van der Waals surface area contributed by atoms with Crippen molar-refractivity contribution in [1.29, 1.82) is 0 Å². The van der Waals surface area contributed by atoms with Crippen molar-refractivity contribution in [2.24, 2.45) is 17.2 Å². The lowest BCUT2D eigenvalue weighted by molar-refractivity contribution is 0.481. The molecule has 0 saturated heterocycles. The molecule has 0 amide bonds. The molecular formula is C8H21N3. The predicted octanol–water partition coefficient (Wildman–Crippen LogP) is 0.178. The van der Waals surface area contributed by atoms with E-state index in [1.807, 2.05) is 13.8 Å². The van der Waals surface area contributed by atoms with Crippen LogP contribution in [-0.2, 0) is 0 Å². The van der Waals surface area contributed by atoms with Gasteiger partial charge in [-0.25, -0.2) is 0 Å². The maximum atomic E-state index is 5.79. The smallest absolute Gasteiger partial charge is 0.00540 e. The summed E-state index contributed by atoms with van der Waals surface area (Å²) in [6.07, 6.45) is 2.87. The van der Waals surface area contributed by atoms with Gasteiger partial charge in [-0.1, -0.05) is 0 Å². The Bertz CT molecular complexity index is 91.3. The van der Waals surface area contributed by atoms with Crippen molar-refractivity contribution in [2.45, 2.75) is 51.2 Å². The molecule has 3 unspecified atom stereocenters. The first-order valence-electron chi connectivity index (χ1n) is 4.29. The average molecular weight is 159 g/mol. The lowest BCUT2D eigenvalue weighted by atomic mass is 10.0. The van der Waals surface area contributed by atoms with Crippen LogP contribution in [0.2, 0.25) is 0 Å². The van der Waals surface area contributed by atoms with Gasteiger partial charge < -0.3 is 17.2 Å². The Morgan fingerprint density at radius 1 is 0.909 bits per heavy atom. The SMILES string of the molecule is CC(N)CCC(N)CC(C)N. The van der Waals surface area contributed by atoms with Crippen LogP contribution in [0.25, 0.3) is 0 Å². The molecule has 0 aromatic heterocycles. The van der Waals surface area contributed by atoms with E-state index in [1.165, 1.54) is 0 Å². The second kappa shape index (κ2) is 5.52. The van der Waals surface area contributed by atoms with Crippen molar-refractivity contribution in [3.05, 3.63) is 0 Å². The van der Waals surface area contributed by atoms with Gasteiger partial charge in [0.2, 0.25) is 0 Å². The van der Waals surface area contributed by atoms with E-state index in [1.54, 1.807) is 0 Å². The van der Waals surface area contributed by atoms with E-state index in [4.69, 9.17) is 17.2 Å². The van der Waals surface area contributed by atoms with Gasteiger partial charge >= 0.3 is 0 Å². The topological polar surface area (TPSA) is 78.1 Å². The van der Waals surface area contributed by atoms with Crippen LogP contribution in [0.5, 0.6) is 0 Å². The standard InChI is InChI=1S/C8H21N3/c1-6(9)3-4-8(11)5-7(2)10/h6-8H,3-5,9-11H2,1-2H3. The molecule has 0 heterocycles. The third-order valence-corrected chi connectivity index (χ3v) is 1.67. The molecule has 3 heteroatoms. The van der Waals surface area contributed by atoms with Crippen LogP contribution in [0.1, 0.15) is 33.1 Å². The number of hydrogen-bond donors (Lipinski definition) is 3. The van der Waals surface area contributed by atoms with Gasteiger partial charge in [-0.2, -0.15) is 0 Å². The summed E-state index contributed by atoms with van der Waals surface area (Å²) in [5.41, 5.74) is 17.0. The maximum absolute atomic E-state index is 5.79. The molecule has 0 aromatic rings. The quantitative estimate of drug-likeness (QED) is 0.535. The first kappa shape index (κ1) is 10.9. The van der Waals surface area contributed by atoms with Crippen LogP contribution in [0.15, 0.2) is 0 Å². The zero-order chi connectivity index (χ0) is 8.85. The molecule has 3 nitrogen and oxygen atoms in total. The van der Waals surface area contributed by atoms with E-state index < -0.39 is 0 Å². The second-order valence-corrected chi connectivity index (χ2v) is 3.53. The molecule has 0 radical (unpaired) electrons. The highest BCUT2D eigenvalue weighted by Gasteiger charge is 2.06. The molecule has 6 N–H and O–H groups in total. The summed E-state index contributed by atoms with van der Waals surface area (Å²) in [6.45, 7) is 3.98. The first-order valence-corrected chi connectivity index (χ1v) is 4.29. The normalized spacial score (nSPS) is 19.4. The summed E-state index contributed by atoms with van der Waals surface area (Å²) in [5.74, 6) is 0. The summed E-state index contributed by atoms with van der Waals surface area (Å²) in [6, 6.07) is 0.688. The summed E-state index contributed by atoms with van der Waals surface area (Å²) in [5, 5.41) is 0. The Morgan fingerprint density at radius 2 is 1.45 bits per heavy atom.